The fourth-order valence-corrected chi connectivity index (χ4v) is 2.88. The maximum atomic E-state index is 6.30. The number of hydrogen-bond acceptors (Lipinski definition) is 2. The lowest BCUT2D eigenvalue weighted by atomic mass is 10.1. The van der Waals surface area contributed by atoms with Gasteiger partial charge in [0, 0.05) is 0 Å². The van der Waals surface area contributed by atoms with Gasteiger partial charge >= 0.3 is 0 Å². The quantitative estimate of drug-likeness (QED) is 0.239. The van der Waals surface area contributed by atoms with Crippen molar-refractivity contribution in [1.29, 1.82) is 0 Å². The summed E-state index contributed by atoms with van der Waals surface area (Å²) in [6, 6.07) is 20.3. The van der Waals surface area contributed by atoms with Gasteiger partial charge in [0.05, 0.1) is 0 Å². The molecule has 2 unspecified atom stereocenters. The lowest BCUT2D eigenvalue weighted by Crippen LogP contribution is -2.22. The van der Waals surface area contributed by atoms with E-state index in [1.807, 2.05) is 48.6 Å². The van der Waals surface area contributed by atoms with Crippen LogP contribution < -0.4 is 0 Å². The highest BCUT2D eigenvalue weighted by molar-refractivity contribution is 5.22. The lowest BCUT2D eigenvalue weighted by Gasteiger charge is -2.27. The Hall–Kier alpha value is -2.16. The van der Waals surface area contributed by atoms with E-state index in [0.29, 0.717) is 0 Å². The minimum Gasteiger partial charge on any atom is -0.341 e. The highest BCUT2D eigenvalue weighted by Gasteiger charge is 2.20. The molecular weight excluding hydrogens is 320 g/mol. The molecule has 0 amide bonds. The second-order valence-corrected chi connectivity index (χ2v) is 6.33. The zero-order chi connectivity index (χ0) is 18.6. The van der Waals surface area contributed by atoms with Crippen molar-refractivity contribution >= 4 is 0 Å². The number of ether oxygens (including phenoxy) is 2. The van der Waals surface area contributed by atoms with Gasteiger partial charge in [-0.2, -0.15) is 0 Å². The maximum Gasteiger partial charge on any atom is 0.160 e. The zero-order valence-corrected chi connectivity index (χ0v) is 15.7. The van der Waals surface area contributed by atoms with E-state index in [1.165, 1.54) is 6.42 Å². The minimum atomic E-state index is -0.312. The SMILES string of the molecule is C=CC(OC(CCCCC)OC(C=C)c1ccccc1)c1ccccc1. The van der Waals surface area contributed by atoms with Crippen molar-refractivity contribution in [2.24, 2.45) is 0 Å². The minimum absolute atomic E-state index is 0.191. The van der Waals surface area contributed by atoms with E-state index >= 15 is 0 Å². The van der Waals surface area contributed by atoms with Crippen molar-refractivity contribution in [3.8, 4) is 0 Å². The van der Waals surface area contributed by atoms with E-state index < -0.39 is 0 Å². The summed E-state index contributed by atoms with van der Waals surface area (Å²) in [6.07, 6.45) is 7.22. The molecule has 0 aromatic heterocycles. The van der Waals surface area contributed by atoms with Crippen LogP contribution in [0.3, 0.4) is 0 Å². The summed E-state index contributed by atoms with van der Waals surface area (Å²) in [5.41, 5.74) is 2.17. The molecule has 0 aliphatic heterocycles. The Morgan fingerprint density at radius 1 is 0.769 bits per heavy atom. The van der Waals surface area contributed by atoms with E-state index in [2.05, 4.69) is 44.3 Å². The molecule has 0 radical (unpaired) electrons. The van der Waals surface area contributed by atoms with Crippen molar-refractivity contribution in [2.75, 3.05) is 0 Å². The third-order valence-electron chi connectivity index (χ3n) is 4.32. The van der Waals surface area contributed by atoms with Crippen LogP contribution in [-0.4, -0.2) is 6.29 Å². The average Bonchev–Trinajstić information content (AvgIpc) is 2.71. The molecule has 0 N–H and O–H groups in total. The van der Waals surface area contributed by atoms with Crippen LogP contribution in [0, 0.1) is 0 Å². The van der Waals surface area contributed by atoms with E-state index in [0.717, 1.165) is 30.4 Å². The molecule has 0 saturated carbocycles. The van der Waals surface area contributed by atoms with Gasteiger partial charge in [-0.15, -0.1) is 13.2 Å². The summed E-state index contributed by atoms with van der Waals surface area (Å²) >= 11 is 0. The molecule has 2 atom stereocenters. The van der Waals surface area contributed by atoms with Crippen LogP contribution in [0.5, 0.6) is 0 Å². The summed E-state index contributed by atoms with van der Waals surface area (Å²) < 4.78 is 12.6. The Morgan fingerprint density at radius 3 is 1.62 bits per heavy atom. The molecule has 0 saturated heterocycles. The first kappa shape index (κ1) is 20.2. The predicted octanol–water partition coefficient (Wildman–Crippen LogP) is 6.78. The zero-order valence-electron chi connectivity index (χ0n) is 15.7. The largest absolute Gasteiger partial charge is 0.341 e. The average molecular weight is 351 g/mol. The van der Waals surface area contributed by atoms with Crippen LogP contribution in [0.25, 0.3) is 0 Å². The lowest BCUT2D eigenvalue weighted by molar-refractivity contribution is -0.183. The molecule has 2 heteroatoms. The van der Waals surface area contributed by atoms with Crippen LogP contribution in [-0.2, 0) is 9.47 Å². The smallest absolute Gasteiger partial charge is 0.160 e. The summed E-state index contributed by atoms with van der Waals surface area (Å²) in [6.45, 7) is 10.1. The van der Waals surface area contributed by atoms with Crippen molar-refractivity contribution in [2.45, 2.75) is 51.1 Å². The van der Waals surface area contributed by atoms with Gasteiger partial charge in [-0.25, -0.2) is 0 Å². The molecule has 0 aliphatic carbocycles. The van der Waals surface area contributed by atoms with Crippen molar-refractivity contribution in [3.05, 3.63) is 97.1 Å². The van der Waals surface area contributed by atoms with E-state index in [1.54, 1.807) is 0 Å². The van der Waals surface area contributed by atoms with E-state index in [-0.39, 0.29) is 18.5 Å². The monoisotopic (exact) mass is 350 g/mol. The fraction of sp³-hybridized carbons (Fsp3) is 0.333. The molecule has 0 fully saturated rings. The summed E-state index contributed by atoms with van der Waals surface area (Å²) in [5.74, 6) is 0. The fourth-order valence-electron chi connectivity index (χ4n) is 2.88. The maximum absolute atomic E-state index is 6.30. The predicted molar refractivity (Wildman–Crippen MR) is 109 cm³/mol. The van der Waals surface area contributed by atoms with Gasteiger partial charge in [-0.3, -0.25) is 0 Å². The third kappa shape index (κ3) is 6.29. The Bertz CT molecular complexity index is 582. The Morgan fingerprint density at radius 2 is 1.23 bits per heavy atom. The topological polar surface area (TPSA) is 18.5 Å². The van der Waals surface area contributed by atoms with E-state index in [9.17, 15) is 0 Å². The van der Waals surface area contributed by atoms with Crippen LogP contribution in [0.15, 0.2) is 86.0 Å². The first-order valence-corrected chi connectivity index (χ1v) is 9.44. The number of benzene rings is 2. The normalized spacial score (nSPS) is 14.3. The van der Waals surface area contributed by atoms with Crippen LogP contribution in [0.4, 0.5) is 0 Å². The highest BCUT2D eigenvalue weighted by atomic mass is 16.7. The van der Waals surface area contributed by atoms with Crippen molar-refractivity contribution in [1.82, 2.24) is 0 Å². The molecule has 0 spiro atoms. The van der Waals surface area contributed by atoms with Crippen LogP contribution in [0.2, 0.25) is 0 Å². The van der Waals surface area contributed by atoms with Crippen LogP contribution >= 0.6 is 0 Å². The molecule has 2 aromatic carbocycles. The van der Waals surface area contributed by atoms with Gasteiger partial charge in [-0.1, -0.05) is 92.6 Å². The van der Waals surface area contributed by atoms with Crippen LogP contribution in [0.1, 0.15) is 55.9 Å². The summed E-state index contributed by atoms with van der Waals surface area (Å²) in [7, 11) is 0. The third-order valence-corrected chi connectivity index (χ3v) is 4.32. The molecule has 138 valence electrons. The second-order valence-electron chi connectivity index (χ2n) is 6.33. The first-order chi connectivity index (χ1) is 12.8. The molecule has 26 heavy (non-hydrogen) atoms. The summed E-state index contributed by atoms with van der Waals surface area (Å²) in [4.78, 5) is 0. The summed E-state index contributed by atoms with van der Waals surface area (Å²) in [5, 5.41) is 0. The van der Waals surface area contributed by atoms with E-state index in [4.69, 9.17) is 9.47 Å². The second kappa shape index (κ2) is 11.5. The molecule has 0 bridgehead atoms. The Balaban J connectivity index is 2.11. The van der Waals surface area contributed by atoms with Gasteiger partial charge in [-0.05, 0) is 24.0 Å². The molecule has 2 nitrogen and oxygen atoms in total. The van der Waals surface area contributed by atoms with Crippen molar-refractivity contribution in [3.63, 3.8) is 0 Å². The molecule has 0 aliphatic rings. The number of unbranched alkanes of at least 4 members (excludes halogenated alkanes) is 2. The van der Waals surface area contributed by atoms with Gasteiger partial charge < -0.3 is 9.47 Å². The van der Waals surface area contributed by atoms with Gasteiger partial charge in [0.1, 0.15) is 12.2 Å². The molecular formula is C24H30O2. The standard InChI is InChI=1S/C24H30O2/c1-4-7-10-19-24(25-22(5-2)20-15-11-8-12-16-20)26-23(6-3)21-17-13-9-14-18-21/h5-6,8-9,11-18,22-24H,2-4,7,10,19H2,1H3. The number of hydrogen-bond donors (Lipinski definition) is 0. The first-order valence-electron chi connectivity index (χ1n) is 9.44. The Kier molecular flexibility index (Phi) is 8.88. The number of rotatable bonds is 12. The van der Waals surface area contributed by atoms with Crippen molar-refractivity contribution < 1.29 is 9.47 Å². The Labute approximate surface area is 158 Å². The van der Waals surface area contributed by atoms with Gasteiger partial charge in [0.15, 0.2) is 6.29 Å². The highest BCUT2D eigenvalue weighted by Crippen LogP contribution is 2.27. The molecule has 0 heterocycles. The van der Waals surface area contributed by atoms with Gasteiger partial charge in [0.2, 0.25) is 0 Å². The molecule has 2 rings (SSSR count). The molecule has 2 aromatic rings. The van der Waals surface area contributed by atoms with Gasteiger partial charge in [0.25, 0.3) is 0 Å².